The van der Waals surface area contributed by atoms with Gasteiger partial charge in [0.2, 0.25) is 0 Å². The molecule has 25 heavy (non-hydrogen) atoms. The van der Waals surface area contributed by atoms with Crippen molar-refractivity contribution in [1.29, 1.82) is 0 Å². The van der Waals surface area contributed by atoms with E-state index in [1.807, 2.05) is 24.7 Å². The molecule has 2 atom stereocenters. The molecule has 0 N–H and O–H groups in total. The number of pyridine rings is 2. The van der Waals surface area contributed by atoms with Gasteiger partial charge in [0.1, 0.15) is 0 Å². The van der Waals surface area contributed by atoms with Crippen molar-refractivity contribution in [2.24, 2.45) is 0 Å². The van der Waals surface area contributed by atoms with Crippen molar-refractivity contribution in [3.8, 4) is 0 Å². The molecule has 0 bridgehead atoms. The fourth-order valence-electron chi connectivity index (χ4n) is 4.07. The number of ether oxygens (including phenoxy) is 1. The lowest BCUT2D eigenvalue weighted by atomic mass is 9.96. The lowest BCUT2D eigenvalue weighted by Gasteiger charge is -2.26. The highest BCUT2D eigenvalue weighted by molar-refractivity contribution is 5.11. The molecule has 2 aliphatic heterocycles. The van der Waals surface area contributed by atoms with Crippen molar-refractivity contribution in [1.82, 2.24) is 19.8 Å². The van der Waals surface area contributed by atoms with Crippen LogP contribution in [0.2, 0.25) is 0 Å². The van der Waals surface area contributed by atoms with Crippen LogP contribution in [0, 0.1) is 0 Å². The lowest BCUT2D eigenvalue weighted by Crippen LogP contribution is -2.36. The van der Waals surface area contributed by atoms with E-state index in [4.69, 9.17) is 4.74 Å². The van der Waals surface area contributed by atoms with Crippen LogP contribution in [0.1, 0.15) is 24.1 Å². The van der Waals surface area contributed by atoms with Crippen LogP contribution in [0.25, 0.3) is 0 Å². The number of hydrogen-bond donors (Lipinski definition) is 0. The molecule has 2 saturated heterocycles. The van der Waals surface area contributed by atoms with Crippen LogP contribution in [-0.2, 0) is 17.8 Å². The first-order chi connectivity index (χ1) is 12.2. The Balaban J connectivity index is 1.32. The van der Waals surface area contributed by atoms with Crippen molar-refractivity contribution in [3.63, 3.8) is 0 Å². The van der Waals surface area contributed by atoms with Crippen molar-refractivity contribution in [2.45, 2.75) is 37.6 Å². The van der Waals surface area contributed by atoms with Gasteiger partial charge in [-0.2, -0.15) is 0 Å². The second-order valence-electron chi connectivity index (χ2n) is 7.40. The molecule has 0 unspecified atom stereocenters. The zero-order valence-corrected chi connectivity index (χ0v) is 14.8. The summed E-state index contributed by atoms with van der Waals surface area (Å²) >= 11 is 0. The molecular weight excluding hydrogens is 312 g/mol. The van der Waals surface area contributed by atoms with E-state index in [0.29, 0.717) is 6.04 Å². The van der Waals surface area contributed by atoms with Crippen LogP contribution in [0.4, 0.5) is 0 Å². The Hall–Kier alpha value is -1.82. The van der Waals surface area contributed by atoms with E-state index in [-0.39, 0.29) is 5.60 Å². The molecule has 0 amide bonds. The minimum atomic E-state index is 0.0378. The molecular formula is C20H26N4O. The van der Waals surface area contributed by atoms with Gasteiger partial charge in [-0.3, -0.25) is 19.8 Å². The van der Waals surface area contributed by atoms with E-state index < -0.39 is 0 Å². The average Bonchev–Trinajstić information content (AvgIpc) is 3.24. The normalized spacial score (nSPS) is 26.7. The predicted octanol–water partition coefficient (Wildman–Crippen LogP) is 2.34. The molecule has 2 aromatic heterocycles. The van der Waals surface area contributed by atoms with Crippen LogP contribution < -0.4 is 0 Å². The minimum absolute atomic E-state index is 0.0378. The fraction of sp³-hybridized carbons (Fsp3) is 0.500. The van der Waals surface area contributed by atoms with Gasteiger partial charge in [-0.25, -0.2) is 0 Å². The van der Waals surface area contributed by atoms with E-state index in [0.717, 1.165) is 51.3 Å². The molecule has 132 valence electrons. The number of aromatic nitrogens is 2. The molecule has 4 rings (SSSR count). The quantitative estimate of drug-likeness (QED) is 0.837. The van der Waals surface area contributed by atoms with E-state index in [1.54, 1.807) is 0 Å². The van der Waals surface area contributed by atoms with E-state index in [2.05, 4.69) is 51.1 Å². The van der Waals surface area contributed by atoms with Crippen molar-refractivity contribution < 1.29 is 4.74 Å². The summed E-state index contributed by atoms with van der Waals surface area (Å²) in [7, 11) is 2.19. The molecule has 0 saturated carbocycles. The van der Waals surface area contributed by atoms with Crippen LogP contribution >= 0.6 is 0 Å². The van der Waals surface area contributed by atoms with Crippen LogP contribution in [-0.4, -0.2) is 58.2 Å². The molecule has 2 aliphatic rings. The van der Waals surface area contributed by atoms with Gasteiger partial charge in [0.25, 0.3) is 0 Å². The SMILES string of the molecule is CN(Cc1ccccn1)[C@H]1CO[C@]2(CCN(Cc3ccncc3)C2)C1. The number of likely N-dealkylation sites (tertiary alicyclic amines) is 1. The van der Waals surface area contributed by atoms with E-state index >= 15 is 0 Å². The summed E-state index contributed by atoms with van der Waals surface area (Å²) in [4.78, 5) is 13.4. The average molecular weight is 338 g/mol. The summed E-state index contributed by atoms with van der Waals surface area (Å²) < 4.78 is 6.32. The van der Waals surface area contributed by atoms with Crippen LogP contribution in [0.3, 0.4) is 0 Å². The van der Waals surface area contributed by atoms with E-state index in [9.17, 15) is 0 Å². The molecule has 1 spiro atoms. The highest BCUT2D eigenvalue weighted by atomic mass is 16.5. The van der Waals surface area contributed by atoms with Gasteiger partial charge >= 0.3 is 0 Å². The first-order valence-electron chi connectivity index (χ1n) is 9.08. The number of hydrogen-bond acceptors (Lipinski definition) is 5. The molecule has 0 aromatic carbocycles. The van der Waals surface area contributed by atoms with Gasteiger partial charge in [0.15, 0.2) is 0 Å². The summed E-state index contributed by atoms with van der Waals surface area (Å²) in [6.07, 6.45) is 7.85. The maximum absolute atomic E-state index is 6.32. The molecule has 2 fully saturated rings. The molecule has 4 heterocycles. The number of rotatable bonds is 5. The maximum atomic E-state index is 6.32. The Bertz CT molecular complexity index is 681. The first kappa shape index (κ1) is 16.6. The summed E-state index contributed by atoms with van der Waals surface area (Å²) in [5.74, 6) is 0. The molecule has 0 aliphatic carbocycles. The zero-order valence-electron chi connectivity index (χ0n) is 14.8. The van der Waals surface area contributed by atoms with Gasteiger partial charge in [-0.05, 0) is 49.7 Å². The zero-order chi connectivity index (χ0) is 17.1. The fourth-order valence-corrected chi connectivity index (χ4v) is 4.07. The number of likely N-dealkylation sites (N-methyl/N-ethyl adjacent to an activating group) is 1. The third-order valence-corrected chi connectivity index (χ3v) is 5.50. The Morgan fingerprint density at radius 1 is 1.24 bits per heavy atom. The standard InChI is InChI=1S/C20H26N4O/c1-23(14-18-4-2-3-8-22-18)19-12-20(25-15-19)7-11-24(16-20)13-17-5-9-21-10-6-17/h2-6,8-10,19H,7,11-16H2,1H3/t19-,20-/m1/s1. The molecule has 5 nitrogen and oxygen atoms in total. The minimum Gasteiger partial charge on any atom is -0.372 e. The molecule has 2 aromatic rings. The summed E-state index contributed by atoms with van der Waals surface area (Å²) in [5, 5.41) is 0. The third-order valence-electron chi connectivity index (χ3n) is 5.50. The van der Waals surface area contributed by atoms with Gasteiger partial charge in [0, 0.05) is 50.8 Å². The van der Waals surface area contributed by atoms with Gasteiger partial charge in [0.05, 0.1) is 17.9 Å². The molecule has 0 radical (unpaired) electrons. The first-order valence-corrected chi connectivity index (χ1v) is 9.08. The van der Waals surface area contributed by atoms with Crippen LogP contribution in [0.15, 0.2) is 48.9 Å². The molecule has 5 heteroatoms. The second-order valence-corrected chi connectivity index (χ2v) is 7.40. The Morgan fingerprint density at radius 3 is 2.92 bits per heavy atom. The largest absolute Gasteiger partial charge is 0.372 e. The van der Waals surface area contributed by atoms with Gasteiger partial charge in [-0.1, -0.05) is 6.07 Å². The Kier molecular flexibility index (Phi) is 4.79. The summed E-state index contributed by atoms with van der Waals surface area (Å²) in [6, 6.07) is 10.8. The van der Waals surface area contributed by atoms with Crippen molar-refractivity contribution >= 4 is 0 Å². The van der Waals surface area contributed by atoms with Crippen LogP contribution in [0.5, 0.6) is 0 Å². The van der Waals surface area contributed by atoms with Gasteiger partial charge < -0.3 is 4.74 Å². The monoisotopic (exact) mass is 338 g/mol. The Labute approximate surface area is 149 Å². The number of nitrogens with zero attached hydrogens (tertiary/aromatic N) is 4. The topological polar surface area (TPSA) is 41.5 Å². The highest BCUT2D eigenvalue weighted by Crippen LogP contribution is 2.37. The van der Waals surface area contributed by atoms with Crippen molar-refractivity contribution in [3.05, 3.63) is 60.2 Å². The van der Waals surface area contributed by atoms with Crippen molar-refractivity contribution in [2.75, 3.05) is 26.7 Å². The lowest BCUT2D eigenvalue weighted by molar-refractivity contribution is 0.0102. The summed E-state index contributed by atoms with van der Waals surface area (Å²) in [5.41, 5.74) is 2.49. The predicted molar refractivity (Wildman–Crippen MR) is 96.9 cm³/mol. The maximum Gasteiger partial charge on any atom is 0.0837 e. The highest BCUT2D eigenvalue weighted by Gasteiger charge is 2.46. The summed E-state index contributed by atoms with van der Waals surface area (Å²) in [6.45, 7) is 4.84. The smallest absolute Gasteiger partial charge is 0.0837 e. The van der Waals surface area contributed by atoms with Gasteiger partial charge in [-0.15, -0.1) is 0 Å². The third kappa shape index (κ3) is 3.89. The Morgan fingerprint density at radius 2 is 2.12 bits per heavy atom. The van der Waals surface area contributed by atoms with E-state index in [1.165, 1.54) is 5.56 Å². The second kappa shape index (κ2) is 7.20.